The average Bonchev–Trinajstić information content (AvgIpc) is 3.70. The molecule has 57 heavy (non-hydrogen) atoms. The summed E-state index contributed by atoms with van der Waals surface area (Å²) in [4.78, 5) is 2.42. The molecule has 268 valence electrons. The van der Waals surface area contributed by atoms with Crippen LogP contribution in [0.15, 0.2) is 194 Å². The highest BCUT2D eigenvalue weighted by molar-refractivity contribution is 6.34. The first-order valence-corrected chi connectivity index (χ1v) is 19.9. The number of benzene rings is 10. The normalized spacial score (nSPS) is 13.2. The summed E-state index contributed by atoms with van der Waals surface area (Å²) in [5.74, 6) is 0. The molecule has 0 N–H and O–H groups in total. The first kappa shape index (κ1) is 32.1. The van der Waals surface area contributed by atoms with Gasteiger partial charge in [-0.15, -0.1) is 0 Å². The third-order valence-corrected chi connectivity index (χ3v) is 12.7. The fraction of sp³-hybridized carbons (Fsp3) is 0.0545. The number of rotatable bonds is 4. The second-order valence-corrected chi connectivity index (χ2v) is 16.1. The van der Waals surface area contributed by atoms with Crippen molar-refractivity contribution in [1.29, 1.82) is 0 Å². The average molecular weight is 727 g/mol. The Morgan fingerprint density at radius 1 is 0.368 bits per heavy atom. The molecule has 0 amide bonds. The number of fused-ring (bicyclic) bond motifs is 14. The first-order chi connectivity index (χ1) is 28.1. The van der Waals surface area contributed by atoms with Gasteiger partial charge in [-0.1, -0.05) is 135 Å². The first-order valence-electron chi connectivity index (χ1n) is 19.9. The third-order valence-electron chi connectivity index (χ3n) is 12.7. The van der Waals surface area contributed by atoms with Crippen LogP contribution >= 0.6 is 0 Å². The highest BCUT2D eigenvalue weighted by Crippen LogP contribution is 2.54. The number of hydrogen-bond donors (Lipinski definition) is 0. The molecular formula is C55H38N2. The van der Waals surface area contributed by atoms with E-state index in [-0.39, 0.29) is 5.41 Å². The van der Waals surface area contributed by atoms with Gasteiger partial charge in [0.05, 0.1) is 16.7 Å². The van der Waals surface area contributed by atoms with E-state index in [9.17, 15) is 0 Å². The van der Waals surface area contributed by atoms with Gasteiger partial charge in [0.15, 0.2) is 0 Å². The summed E-state index contributed by atoms with van der Waals surface area (Å²) < 4.78 is 2.44. The minimum absolute atomic E-state index is 0.212. The van der Waals surface area contributed by atoms with Crippen molar-refractivity contribution in [1.82, 2.24) is 4.57 Å². The molecule has 12 rings (SSSR count). The summed E-state index contributed by atoms with van der Waals surface area (Å²) >= 11 is 0. The van der Waals surface area contributed by atoms with Gasteiger partial charge in [0.2, 0.25) is 0 Å². The van der Waals surface area contributed by atoms with Gasteiger partial charge in [-0.3, -0.25) is 0 Å². The van der Waals surface area contributed by atoms with Crippen LogP contribution in [0.3, 0.4) is 0 Å². The summed E-state index contributed by atoms with van der Waals surface area (Å²) in [5, 5.41) is 12.8. The maximum Gasteiger partial charge on any atom is 0.0546 e. The van der Waals surface area contributed by atoms with Crippen molar-refractivity contribution in [2.45, 2.75) is 19.3 Å². The van der Waals surface area contributed by atoms with E-state index < -0.39 is 0 Å². The maximum atomic E-state index is 2.55. The van der Waals surface area contributed by atoms with Crippen LogP contribution in [-0.2, 0) is 5.41 Å². The van der Waals surface area contributed by atoms with Gasteiger partial charge in [0.25, 0.3) is 0 Å². The molecule has 0 radical (unpaired) electrons. The Bertz CT molecular complexity index is 3370. The van der Waals surface area contributed by atoms with E-state index in [0.29, 0.717) is 0 Å². The monoisotopic (exact) mass is 726 g/mol. The van der Waals surface area contributed by atoms with E-state index in [0.717, 1.165) is 11.4 Å². The van der Waals surface area contributed by atoms with E-state index in [2.05, 4.69) is 217 Å². The molecule has 1 heterocycles. The van der Waals surface area contributed by atoms with Gasteiger partial charge in [0.1, 0.15) is 0 Å². The molecule has 0 saturated heterocycles. The zero-order valence-electron chi connectivity index (χ0n) is 31.9. The molecular weight excluding hydrogens is 689 g/mol. The topological polar surface area (TPSA) is 8.17 Å². The van der Waals surface area contributed by atoms with E-state index in [1.165, 1.54) is 98.5 Å². The van der Waals surface area contributed by atoms with Gasteiger partial charge < -0.3 is 9.47 Å². The maximum absolute atomic E-state index is 2.55. The number of hydrogen-bond acceptors (Lipinski definition) is 1. The lowest BCUT2D eigenvalue weighted by atomic mass is 9.80. The van der Waals surface area contributed by atoms with Crippen molar-refractivity contribution in [3.05, 3.63) is 205 Å². The van der Waals surface area contributed by atoms with Crippen LogP contribution in [0.5, 0.6) is 0 Å². The summed E-state index contributed by atoms with van der Waals surface area (Å²) in [7, 11) is 0. The van der Waals surface area contributed by atoms with Gasteiger partial charge in [0, 0.05) is 38.6 Å². The summed E-state index contributed by atoms with van der Waals surface area (Å²) in [5.41, 5.74) is 12.3. The van der Waals surface area contributed by atoms with E-state index in [1.807, 2.05) is 0 Å². The van der Waals surface area contributed by atoms with Crippen LogP contribution in [0.25, 0.3) is 81.7 Å². The van der Waals surface area contributed by atoms with Gasteiger partial charge >= 0.3 is 0 Å². The number of nitrogens with zero attached hydrogens (tertiary/aromatic N) is 2. The fourth-order valence-electron chi connectivity index (χ4n) is 10.1. The van der Waals surface area contributed by atoms with Gasteiger partial charge in [-0.25, -0.2) is 0 Å². The molecule has 1 aliphatic carbocycles. The Hall–Kier alpha value is -7.16. The molecule has 0 unspecified atom stereocenters. The molecule has 0 bridgehead atoms. The predicted octanol–water partition coefficient (Wildman–Crippen LogP) is 15.2. The van der Waals surface area contributed by atoms with Crippen molar-refractivity contribution >= 4 is 82.0 Å². The summed E-state index contributed by atoms with van der Waals surface area (Å²) in [6.07, 6.45) is 0. The van der Waals surface area contributed by atoms with Crippen LogP contribution in [0.4, 0.5) is 17.1 Å². The SMILES string of the molecule is CC1(C)c2cc3c(cc2-c2cc4c5ccccc5n(-c5ccccc5)c4cc21)c1ccccc1c1cc(N(c2ccccc2)c2ccccc2)c2ccccc2c31. The van der Waals surface area contributed by atoms with Crippen LogP contribution in [-0.4, -0.2) is 4.57 Å². The molecule has 1 aliphatic rings. The summed E-state index contributed by atoms with van der Waals surface area (Å²) in [6, 6.07) is 71.7. The van der Waals surface area contributed by atoms with Crippen LogP contribution in [0, 0.1) is 0 Å². The molecule has 1 aromatic heterocycles. The van der Waals surface area contributed by atoms with Crippen molar-refractivity contribution < 1.29 is 0 Å². The third kappa shape index (κ3) is 4.53. The zero-order chi connectivity index (χ0) is 37.8. The molecule has 0 aliphatic heterocycles. The molecule has 2 heteroatoms. The standard InChI is InChI=1S/C55H38N2/c1-55(2)49-32-47-43(30-44(49)45-31-46-41-27-16-17-29-51(41)57(53(46)34-50(45)55)37-22-10-5-11-23-37)38-24-12-13-25-39(38)48-33-52(40-26-14-15-28-42(40)54(47)48)56(35-18-6-3-7-19-35)36-20-8-4-9-21-36/h3-34H,1-2H3. The Morgan fingerprint density at radius 2 is 0.860 bits per heavy atom. The largest absolute Gasteiger partial charge is 0.310 e. The molecule has 2 nitrogen and oxygen atoms in total. The zero-order valence-corrected chi connectivity index (χ0v) is 31.9. The van der Waals surface area contributed by atoms with Crippen molar-refractivity contribution in [2.24, 2.45) is 0 Å². The molecule has 0 fully saturated rings. The van der Waals surface area contributed by atoms with Crippen molar-refractivity contribution in [3.8, 4) is 16.8 Å². The Morgan fingerprint density at radius 3 is 1.53 bits per heavy atom. The lowest BCUT2D eigenvalue weighted by molar-refractivity contribution is 0.662. The second-order valence-electron chi connectivity index (χ2n) is 16.1. The van der Waals surface area contributed by atoms with Crippen molar-refractivity contribution in [2.75, 3.05) is 4.90 Å². The lowest BCUT2D eigenvalue weighted by Crippen LogP contribution is -2.15. The second kappa shape index (κ2) is 11.9. The molecule has 0 saturated carbocycles. The molecule has 0 atom stereocenters. The number of anilines is 3. The fourth-order valence-corrected chi connectivity index (χ4v) is 10.1. The van der Waals surface area contributed by atoms with Crippen LogP contribution < -0.4 is 4.90 Å². The van der Waals surface area contributed by atoms with E-state index in [1.54, 1.807) is 0 Å². The minimum Gasteiger partial charge on any atom is -0.310 e. The van der Waals surface area contributed by atoms with Crippen LogP contribution in [0.1, 0.15) is 25.0 Å². The Labute approximate surface area is 331 Å². The number of aromatic nitrogens is 1. The summed E-state index contributed by atoms with van der Waals surface area (Å²) in [6.45, 7) is 4.84. The highest BCUT2D eigenvalue weighted by atomic mass is 15.1. The molecule has 0 spiro atoms. The number of para-hydroxylation sites is 4. The van der Waals surface area contributed by atoms with Crippen molar-refractivity contribution in [3.63, 3.8) is 0 Å². The minimum atomic E-state index is -0.212. The Kier molecular flexibility index (Phi) is 6.72. The van der Waals surface area contributed by atoms with E-state index in [4.69, 9.17) is 0 Å². The predicted molar refractivity (Wildman–Crippen MR) is 243 cm³/mol. The van der Waals surface area contributed by atoms with Gasteiger partial charge in [-0.05, 0) is 133 Å². The van der Waals surface area contributed by atoms with Crippen LogP contribution in [0.2, 0.25) is 0 Å². The van der Waals surface area contributed by atoms with E-state index >= 15 is 0 Å². The quantitative estimate of drug-likeness (QED) is 0.164. The smallest absolute Gasteiger partial charge is 0.0546 e. The molecule has 10 aromatic carbocycles. The Balaban J connectivity index is 1.18. The highest BCUT2D eigenvalue weighted by Gasteiger charge is 2.37. The van der Waals surface area contributed by atoms with Gasteiger partial charge in [-0.2, -0.15) is 0 Å². The molecule has 11 aromatic rings. The lowest BCUT2D eigenvalue weighted by Gasteiger charge is -2.28.